The van der Waals surface area contributed by atoms with E-state index in [0.29, 0.717) is 19.0 Å². The third kappa shape index (κ3) is 4.96. The molecule has 1 aliphatic heterocycles. The molecular weight excluding hydrogens is 463 g/mol. The lowest BCUT2D eigenvalue weighted by Gasteiger charge is -2.51. The van der Waals surface area contributed by atoms with Crippen molar-refractivity contribution in [3.8, 4) is 11.1 Å². The van der Waals surface area contributed by atoms with E-state index in [1.165, 1.54) is 48.2 Å². The molecule has 1 aromatic heterocycles. The predicted molar refractivity (Wildman–Crippen MR) is 134 cm³/mol. The van der Waals surface area contributed by atoms with Crippen LogP contribution in [0.1, 0.15) is 63.2 Å². The van der Waals surface area contributed by atoms with Gasteiger partial charge in [-0.25, -0.2) is 9.18 Å². The Labute approximate surface area is 210 Å². The molecule has 0 spiro atoms. The number of halogens is 1. The number of hydrogen-bond acceptors (Lipinski definition) is 4. The average Bonchev–Trinajstić information content (AvgIpc) is 2.79. The summed E-state index contributed by atoms with van der Waals surface area (Å²) in [6.45, 7) is 6.27. The van der Waals surface area contributed by atoms with E-state index in [4.69, 9.17) is 0 Å². The molecule has 1 aromatic carbocycles. The van der Waals surface area contributed by atoms with Gasteiger partial charge in [-0.05, 0) is 24.8 Å². The largest absolute Gasteiger partial charge is 0.478 e. The fourth-order valence-corrected chi connectivity index (χ4v) is 5.54. The minimum Gasteiger partial charge on any atom is -0.478 e. The number of aromatic carboxylic acids is 1. The van der Waals surface area contributed by atoms with Gasteiger partial charge in [0.15, 0.2) is 0 Å². The first kappa shape index (κ1) is 26.1. The van der Waals surface area contributed by atoms with E-state index in [0.717, 1.165) is 12.5 Å². The molecule has 0 radical (unpaired) electrons. The van der Waals surface area contributed by atoms with Crippen LogP contribution in [0.25, 0.3) is 11.1 Å². The molecule has 1 amide bonds. The van der Waals surface area contributed by atoms with Crippen molar-refractivity contribution in [1.82, 2.24) is 9.47 Å². The molecule has 2 aromatic rings. The summed E-state index contributed by atoms with van der Waals surface area (Å²) in [6.07, 6.45) is 5.93. The van der Waals surface area contributed by atoms with Gasteiger partial charge < -0.3 is 19.7 Å². The van der Waals surface area contributed by atoms with Crippen LogP contribution in [0.2, 0.25) is 0 Å². The first-order valence-electron chi connectivity index (χ1n) is 12.7. The van der Waals surface area contributed by atoms with Crippen LogP contribution in [0.15, 0.2) is 41.3 Å². The first-order chi connectivity index (χ1) is 16.9. The van der Waals surface area contributed by atoms with Crippen molar-refractivity contribution in [1.29, 1.82) is 0 Å². The number of aliphatic hydroxyl groups is 1. The summed E-state index contributed by atoms with van der Waals surface area (Å²) < 4.78 is 15.6. The maximum atomic E-state index is 14.4. The molecule has 1 saturated carbocycles. The lowest BCUT2D eigenvalue weighted by Crippen LogP contribution is -2.61. The molecule has 1 aliphatic carbocycles. The van der Waals surface area contributed by atoms with Gasteiger partial charge in [0.05, 0.1) is 17.7 Å². The Bertz CT molecular complexity index is 1220. The van der Waals surface area contributed by atoms with Crippen molar-refractivity contribution in [3.05, 3.63) is 58.3 Å². The topological polar surface area (TPSA) is 99.8 Å². The van der Waals surface area contributed by atoms with Crippen molar-refractivity contribution in [2.24, 2.45) is 17.3 Å². The second-order valence-corrected chi connectivity index (χ2v) is 11.2. The van der Waals surface area contributed by atoms with E-state index in [2.05, 4.69) is 0 Å². The Morgan fingerprint density at radius 3 is 2.47 bits per heavy atom. The van der Waals surface area contributed by atoms with Gasteiger partial charge in [-0.15, -0.1) is 0 Å². The van der Waals surface area contributed by atoms with Crippen molar-refractivity contribution in [2.45, 2.75) is 65.0 Å². The van der Waals surface area contributed by atoms with Crippen LogP contribution >= 0.6 is 0 Å². The average molecular weight is 499 g/mol. The molecule has 7 nitrogen and oxygen atoms in total. The lowest BCUT2D eigenvalue weighted by molar-refractivity contribution is -0.157. The van der Waals surface area contributed by atoms with E-state index >= 15 is 0 Å². The molecule has 36 heavy (non-hydrogen) atoms. The Kier molecular flexibility index (Phi) is 7.10. The van der Waals surface area contributed by atoms with Crippen molar-refractivity contribution in [3.63, 3.8) is 0 Å². The molecule has 2 unspecified atom stereocenters. The summed E-state index contributed by atoms with van der Waals surface area (Å²) in [7, 11) is 0. The fourth-order valence-electron chi connectivity index (χ4n) is 5.54. The lowest BCUT2D eigenvalue weighted by atomic mass is 9.69. The monoisotopic (exact) mass is 498 g/mol. The third-order valence-corrected chi connectivity index (χ3v) is 8.24. The Morgan fingerprint density at radius 1 is 1.19 bits per heavy atom. The summed E-state index contributed by atoms with van der Waals surface area (Å²) >= 11 is 0. The molecule has 1 saturated heterocycles. The number of carboxylic acids is 1. The van der Waals surface area contributed by atoms with Crippen LogP contribution < -0.4 is 5.56 Å². The van der Waals surface area contributed by atoms with Gasteiger partial charge in [-0.3, -0.25) is 9.59 Å². The van der Waals surface area contributed by atoms with Gasteiger partial charge in [-0.1, -0.05) is 58.2 Å². The van der Waals surface area contributed by atoms with E-state index in [-0.39, 0.29) is 41.5 Å². The number of hydrogen-bond donors (Lipinski definition) is 2. The molecule has 2 aliphatic rings. The molecular formula is C28H35FN2O5. The smallest absolute Gasteiger partial charge is 0.337 e. The number of pyridine rings is 1. The van der Waals surface area contributed by atoms with Gasteiger partial charge in [-0.2, -0.15) is 0 Å². The molecule has 2 atom stereocenters. The maximum absolute atomic E-state index is 14.4. The van der Waals surface area contributed by atoms with E-state index < -0.39 is 28.4 Å². The van der Waals surface area contributed by atoms with Crippen LogP contribution in [0.3, 0.4) is 0 Å². The molecule has 194 valence electrons. The summed E-state index contributed by atoms with van der Waals surface area (Å²) in [5.41, 5.74) is -2.83. The van der Waals surface area contributed by atoms with E-state index in [9.17, 15) is 29.0 Å². The number of benzene rings is 1. The predicted octanol–water partition coefficient (Wildman–Crippen LogP) is 4.17. The number of aromatic nitrogens is 1. The summed E-state index contributed by atoms with van der Waals surface area (Å²) in [5, 5.41) is 21.5. The maximum Gasteiger partial charge on any atom is 0.337 e. The normalized spacial score (nSPS) is 22.6. The second-order valence-electron chi connectivity index (χ2n) is 11.2. The van der Waals surface area contributed by atoms with Crippen LogP contribution in [0.4, 0.5) is 4.39 Å². The Morgan fingerprint density at radius 2 is 1.89 bits per heavy atom. The highest BCUT2D eigenvalue weighted by Gasteiger charge is 2.49. The molecule has 2 heterocycles. The van der Waals surface area contributed by atoms with Gasteiger partial charge in [0.25, 0.3) is 5.56 Å². The van der Waals surface area contributed by atoms with E-state index in [1.54, 1.807) is 6.07 Å². The minimum absolute atomic E-state index is 0.00559. The zero-order chi connectivity index (χ0) is 26.3. The third-order valence-electron chi connectivity index (χ3n) is 8.24. The number of carbonyl (C=O) groups excluding carboxylic acids is 1. The summed E-state index contributed by atoms with van der Waals surface area (Å²) in [5.74, 6) is -1.27. The number of rotatable bonds is 7. The van der Waals surface area contributed by atoms with Crippen LogP contribution in [-0.2, 0) is 11.3 Å². The quantitative estimate of drug-likeness (QED) is 0.597. The first-order valence-corrected chi connectivity index (χ1v) is 12.7. The van der Waals surface area contributed by atoms with Gasteiger partial charge in [0, 0.05) is 47.8 Å². The summed E-state index contributed by atoms with van der Waals surface area (Å²) in [4.78, 5) is 39.9. The van der Waals surface area contributed by atoms with Crippen molar-refractivity contribution >= 4 is 11.9 Å². The van der Waals surface area contributed by atoms with Gasteiger partial charge >= 0.3 is 5.97 Å². The minimum atomic E-state index is -1.35. The van der Waals surface area contributed by atoms with Crippen molar-refractivity contribution in [2.75, 3.05) is 13.1 Å². The van der Waals surface area contributed by atoms with Gasteiger partial charge in [0.1, 0.15) is 5.82 Å². The van der Waals surface area contributed by atoms with E-state index in [1.807, 2.05) is 25.7 Å². The SMILES string of the molecule is CC(CC1CCC1)C(=O)N1CCC(O)(Cn2cc(C(=O)O)c(-c3ccccc3F)cc2=O)C(C)(C)C1. The van der Waals surface area contributed by atoms with Crippen LogP contribution in [-0.4, -0.2) is 50.2 Å². The number of amides is 1. The second kappa shape index (κ2) is 9.81. The highest BCUT2D eigenvalue weighted by Crippen LogP contribution is 2.41. The number of piperidine rings is 1. The highest BCUT2D eigenvalue weighted by atomic mass is 19.1. The highest BCUT2D eigenvalue weighted by molar-refractivity contribution is 5.95. The molecule has 0 bridgehead atoms. The number of carboxylic acid groups (broad SMARTS) is 1. The zero-order valence-electron chi connectivity index (χ0n) is 21.2. The number of nitrogens with zero attached hydrogens (tertiary/aromatic N) is 2. The van der Waals surface area contributed by atoms with Crippen LogP contribution in [0, 0.1) is 23.1 Å². The molecule has 2 fully saturated rings. The zero-order valence-corrected chi connectivity index (χ0v) is 21.2. The Hall–Kier alpha value is -3.00. The number of likely N-dealkylation sites (tertiary alicyclic amines) is 1. The number of carbonyl (C=O) groups is 2. The molecule has 2 N–H and O–H groups in total. The standard InChI is InChI=1S/C28H35FN2O5/c1-18(13-19-7-6-8-19)25(33)30-12-11-28(36,27(2,3)16-30)17-31-15-22(26(34)35)21(14-24(31)32)20-9-4-5-10-23(20)29/h4-5,9-10,14-15,18-19,36H,6-8,11-13,16-17H2,1-3H3,(H,34,35). The van der Waals surface area contributed by atoms with Crippen molar-refractivity contribution < 1.29 is 24.2 Å². The molecule has 8 heteroatoms. The Balaban J connectivity index is 1.56. The summed E-state index contributed by atoms with van der Waals surface area (Å²) in [6, 6.07) is 6.81. The molecule has 4 rings (SSSR count). The van der Waals surface area contributed by atoms with Gasteiger partial charge in [0.2, 0.25) is 5.91 Å². The van der Waals surface area contributed by atoms with Crippen LogP contribution in [0.5, 0.6) is 0 Å². The fraction of sp³-hybridized carbons (Fsp3) is 0.536.